The van der Waals surface area contributed by atoms with Gasteiger partial charge in [-0.15, -0.1) is 10.2 Å². The van der Waals surface area contributed by atoms with Crippen LogP contribution >= 0.6 is 0 Å². The summed E-state index contributed by atoms with van der Waals surface area (Å²) in [6.07, 6.45) is 0. The van der Waals surface area contributed by atoms with Crippen LogP contribution in [0.25, 0.3) is 0 Å². The summed E-state index contributed by atoms with van der Waals surface area (Å²) in [5.74, 6) is 2.10. The second kappa shape index (κ2) is 5.04. The lowest BCUT2D eigenvalue weighted by Gasteiger charge is -2.10. The summed E-state index contributed by atoms with van der Waals surface area (Å²) in [7, 11) is 3.85. The largest absolute Gasteiger partial charge is 0.438 e. The van der Waals surface area contributed by atoms with E-state index < -0.39 is 0 Å². The number of hydrogen-bond acceptors (Lipinski definition) is 4. The Hall–Kier alpha value is -2.10. The number of anilines is 1. The molecule has 1 aromatic carbocycles. The molecule has 1 aromatic heterocycles. The average Bonchev–Trinajstić information content (AvgIpc) is 2.28. The highest BCUT2D eigenvalue weighted by molar-refractivity contribution is 5.38. The number of nitrogens with zero attached hydrogens (tertiary/aromatic N) is 3. The van der Waals surface area contributed by atoms with Gasteiger partial charge < -0.3 is 9.64 Å². The first-order valence-corrected chi connectivity index (χ1v) is 5.82. The third kappa shape index (κ3) is 2.97. The molecule has 4 heteroatoms. The molecule has 0 bridgehead atoms. The van der Waals surface area contributed by atoms with Crippen molar-refractivity contribution in [2.24, 2.45) is 0 Å². The Bertz CT molecular complexity index is 515. The molecule has 0 radical (unpaired) electrons. The smallest absolute Gasteiger partial charge is 0.238 e. The van der Waals surface area contributed by atoms with Crippen LogP contribution in [-0.4, -0.2) is 24.3 Å². The summed E-state index contributed by atoms with van der Waals surface area (Å²) in [5, 5.41) is 8.11. The molecule has 94 valence electrons. The molecule has 0 saturated carbocycles. The van der Waals surface area contributed by atoms with Crippen LogP contribution in [-0.2, 0) is 0 Å². The number of hydrogen-bond donors (Lipinski definition) is 0. The summed E-state index contributed by atoms with van der Waals surface area (Å²) < 4.78 is 5.68. The van der Waals surface area contributed by atoms with E-state index in [1.54, 1.807) is 0 Å². The van der Waals surface area contributed by atoms with Crippen molar-refractivity contribution in [3.8, 4) is 11.6 Å². The van der Waals surface area contributed by atoms with E-state index >= 15 is 0 Å². The third-order valence-electron chi connectivity index (χ3n) is 2.50. The lowest BCUT2D eigenvalue weighted by atomic mass is 10.1. The second-order valence-corrected chi connectivity index (χ2v) is 4.55. The number of aryl methyl sites for hydroxylation is 2. The van der Waals surface area contributed by atoms with Crippen molar-refractivity contribution >= 4 is 5.82 Å². The first-order valence-electron chi connectivity index (χ1n) is 5.82. The first-order chi connectivity index (χ1) is 8.54. The van der Waals surface area contributed by atoms with Gasteiger partial charge in [0.1, 0.15) is 5.75 Å². The molecule has 0 atom stereocenters. The van der Waals surface area contributed by atoms with Crippen LogP contribution in [0.5, 0.6) is 11.6 Å². The predicted octanol–water partition coefficient (Wildman–Crippen LogP) is 2.95. The minimum absolute atomic E-state index is 0.505. The highest BCUT2D eigenvalue weighted by Gasteiger charge is 2.03. The fourth-order valence-corrected chi connectivity index (χ4v) is 1.72. The predicted molar refractivity (Wildman–Crippen MR) is 72.3 cm³/mol. The van der Waals surface area contributed by atoms with E-state index in [1.165, 1.54) is 11.1 Å². The average molecular weight is 243 g/mol. The second-order valence-electron chi connectivity index (χ2n) is 4.55. The van der Waals surface area contributed by atoms with Gasteiger partial charge in [-0.3, -0.25) is 0 Å². The zero-order chi connectivity index (χ0) is 13.1. The molecule has 0 saturated heterocycles. The van der Waals surface area contributed by atoms with Gasteiger partial charge in [-0.2, -0.15) is 0 Å². The summed E-state index contributed by atoms with van der Waals surface area (Å²) in [4.78, 5) is 1.90. The van der Waals surface area contributed by atoms with E-state index in [4.69, 9.17) is 4.74 Å². The minimum Gasteiger partial charge on any atom is -0.438 e. The Kier molecular flexibility index (Phi) is 3.46. The molecule has 0 N–H and O–H groups in total. The first kappa shape index (κ1) is 12.4. The molecule has 0 amide bonds. The molecular weight excluding hydrogens is 226 g/mol. The van der Waals surface area contributed by atoms with Gasteiger partial charge in [-0.1, -0.05) is 6.07 Å². The molecule has 0 aliphatic heterocycles. The number of ether oxygens (including phenoxy) is 1. The molecule has 0 fully saturated rings. The van der Waals surface area contributed by atoms with Crippen molar-refractivity contribution < 1.29 is 4.74 Å². The van der Waals surface area contributed by atoms with Crippen molar-refractivity contribution in [1.82, 2.24) is 10.2 Å². The quantitative estimate of drug-likeness (QED) is 0.830. The van der Waals surface area contributed by atoms with E-state index in [-0.39, 0.29) is 0 Å². The van der Waals surface area contributed by atoms with Crippen LogP contribution in [0.4, 0.5) is 5.82 Å². The topological polar surface area (TPSA) is 38.2 Å². The zero-order valence-corrected chi connectivity index (χ0v) is 11.1. The minimum atomic E-state index is 0.505. The van der Waals surface area contributed by atoms with E-state index in [1.807, 2.05) is 57.1 Å². The fraction of sp³-hybridized carbons (Fsp3) is 0.286. The molecule has 2 aromatic rings. The Balaban J connectivity index is 2.18. The van der Waals surface area contributed by atoms with Crippen molar-refractivity contribution in [2.45, 2.75) is 13.8 Å². The zero-order valence-electron chi connectivity index (χ0n) is 11.1. The van der Waals surface area contributed by atoms with Crippen LogP contribution < -0.4 is 9.64 Å². The lowest BCUT2D eigenvalue weighted by Crippen LogP contribution is -2.11. The highest BCUT2D eigenvalue weighted by atomic mass is 16.5. The number of aromatic nitrogens is 2. The summed E-state index contributed by atoms with van der Waals surface area (Å²) in [5.41, 5.74) is 2.34. The SMILES string of the molecule is Cc1cc(C)cc(Oc2ccc(N(C)C)nn2)c1. The lowest BCUT2D eigenvalue weighted by molar-refractivity contribution is 0.454. The van der Waals surface area contributed by atoms with Gasteiger partial charge in [0.25, 0.3) is 0 Å². The van der Waals surface area contributed by atoms with Crippen molar-refractivity contribution in [3.63, 3.8) is 0 Å². The Labute approximate surface area is 107 Å². The van der Waals surface area contributed by atoms with Crippen LogP contribution in [0.3, 0.4) is 0 Å². The van der Waals surface area contributed by atoms with E-state index in [0.29, 0.717) is 5.88 Å². The molecule has 0 aliphatic carbocycles. The Morgan fingerprint density at radius 2 is 1.61 bits per heavy atom. The van der Waals surface area contributed by atoms with Crippen molar-refractivity contribution in [2.75, 3.05) is 19.0 Å². The maximum Gasteiger partial charge on any atom is 0.238 e. The molecule has 4 nitrogen and oxygen atoms in total. The molecular formula is C14H17N3O. The Morgan fingerprint density at radius 3 is 2.11 bits per heavy atom. The normalized spacial score (nSPS) is 10.2. The van der Waals surface area contributed by atoms with Crippen molar-refractivity contribution in [1.29, 1.82) is 0 Å². The van der Waals surface area contributed by atoms with Crippen LogP contribution in [0.1, 0.15) is 11.1 Å². The van der Waals surface area contributed by atoms with Crippen LogP contribution in [0.15, 0.2) is 30.3 Å². The highest BCUT2D eigenvalue weighted by Crippen LogP contribution is 2.22. The summed E-state index contributed by atoms with van der Waals surface area (Å²) in [6, 6.07) is 9.77. The van der Waals surface area contributed by atoms with Crippen LogP contribution in [0, 0.1) is 13.8 Å². The Morgan fingerprint density at radius 1 is 0.944 bits per heavy atom. The van der Waals surface area contributed by atoms with Crippen LogP contribution in [0.2, 0.25) is 0 Å². The molecule has 0 spiro atoms. The summed E-state index contributed by atoms with van der Waals surface area (Å²) >= 11 is 0. The van der Waals surface area contributed by atoms with E-state index in [2.05, 4.69) is 16.3 Å². The van der Waals surface area contributed by atoms with Gasteiger partial charge >= 0.3 is 0 Å². The van der Waals surface area contributed by atoms with Crippen molar-refractivity contribution in [3.05, 3.63) is 41.5 Å². The maximum atomic E-state index is 5.68. The van der Waals surface area contributed by atoms with Gasteiger partial charge in [-0.25, -0.2) is 0 Å². The number of rotatable bonds is 3. The molecule has 2 rings (SSSR count). The molecule has 1 heterocycles. The summed E-state index contributed by atoms with van der Waals surface area (Å²) in [6.45, 7) is 4.08. The van der Waals surface area contributed by atoms with E-state index in [0.717, 1.165) is 11.6 Å². The number of benzene rings is 1. The van der Waals surface area contributed by atoms with Gasteiger partial charge in [-0.05, 0) is 43.2 Å². The third-order valence-corrected chi connectivity index (χ3v) is 2.50. The molecule has 0 aliphatic rings. The molecule has 0 unspecified atom stereocenters. The van der Waals surface area contributed by atoms with Gasteiger partial charge in [0.05, 0.1) is 0 Å². The fourth-order valence-electron chi connectivity index (χ4n) is 1.72. The monoisotopic (exact) mass is 243 g/mol. The van der Waals surface area contributed by atoms with Gasteiger partial charge in [0, 0.05) is 20.2 Å². The van der Waals surface area contributed by atoms with Gasteiger partial charge in [0.15, 0.2) is 5.82 Å². The standard InChI is InChI=1S/C14H17N3O/c1-10-7-11(2)9-12(8-10)18-14-6-5-13(15-16-14)17(3)4/h5-9H,1-4H3. The maximum absolute atomic E-state index is 5.68. The van der Waals surface area contributed by atoms with E-state index in [9.17, 15) is 0 Å². The van der Waals surface area contributed by atoms with Gasteiger partial charge in [0.2, 0.25) is 5.88 Å². The molecule has 18 heavy (non-hydrogen) atoms.